The summed E-state index contributed by atoms with van der Waals surface area (Å²) in [5, 5.41) is 6.87. The number of anilines is 1. The monoisotopic (exact) mass is 439 g/mol. The van der Waals surface area contributed by atoms with Gasteiger partial charge in [-0.05, 0) is 17.7 Å². The first kappa shape index (κ1) is 20.5. The molecular formula is C26H21N3O4. The van der Waals surface area contributed by atoms with Crippen LogP contribution in [-0.4, -0.2) is 29.6 Å². The van der Waals surface area contributed by atoms with Crippen molar-refractivity contribution in [3.05, 3.63) is 102 Å². The average molecular weight is 439 g/mol. The molecular weight excluding hydrogens is 418 g/mol. The summed E-state index contributed by atoms with van der Waals surface area (Å²) in [6.45, 7) is 0.433. The molecule has 0 radical (unpaired) electrons. The van der Waals surface area contributed by atoms with Gasteiger partial charge in [0, 0.05) is 18.2 Å². The largest absolute Gasteiger partial charge is 0.477 e. The van der Waals surface area contributed by atoms with Crippen LogP contribution in [0.1, 0.15) is 16.1 Å². The molecule has 0 fully saturated rings. The van der Waals surface area contributed by atoms with E-state index in [1.54, 1.807) is 24.3 Å². The summed E-state index contributed by atoms with van der Waals surface area (Å²) in [5.41, 5.74) is 2.54. The number of carbonyl (C=O) groups is 2. The molecule has 1 aliphatic heterocycles. The van der Waals surface area contributed by atoms with Crippen LogP contribution in [0.2, 0.25) is 0 Å². The summed E-state index contributed by atoms with van der Waals surface area (Å²) in [6.07, 6.45) is -0.854. The van der Waals surface area contributed by atoms with Crippen LogP contribution in [0.4, 0.5) is 5.69 Å². The highest BCUT2D eigenvalue weighted by atomic mass is 16.5. The normalized spacial score (nSPS) is 14.8. The fraction of sp³-hybridized carbons (Fsp3) is 0.115. The summed E-state index contributed by atoms with van der Waals surface area (Å²) >= 11 is 0. The van der Waals surface area contributed by atoms with Crippen molar-refractivity contribution in [3.63, 3.8) is 0 Å². The van der Waals surface area contributed by atoms with Gasteiger partial charge in [0.25, 0.3) is 11.8 Å². The lowest BCUT2D eigenvalue weighted by molar-refractivity contribution is -0.127. The Morgan fingerprint density at radius 3 is 2.42 bits per heavy atom. The number of hydrogen-bond acceptors (Lipinski definition) is 5. The van der Waals surface area contributed by atoms with E-state index in [0.29, 0.717) is 23.7 Å². The van der Waals surface area contributed by atoms with Crippen molar-refractivity contribution in [3.8, 4) is 17.1 Å². The van der Waals surface area contributed by atoms with Crippen molar-refractivity contribution < 1.29 is 18.8 Å². The maximum Gasteiger partial charge on any atom is 0.280 e. The molecule has 2 amide bonds. The van der Waals surface area contributed by atoms with Gasteiger partial charge in [-0.25, -0.2) is 0 Å². The second kappa shape index (κ2) is 9.00. The second-order valence-electron chi connectivity index (χ2n) is 7.64. The third kappa shape index (κ3) is 4.34. The van der Waals surface area contributed by atoms with Crippen LogP contribution in [0.5, 0.6) is 5.75 Å². The Labute approximate surface area is 190 Å². The number of fused-ring (bicyclic) bond motifs is 1. The Bertz CT molecular complexity index is 1270. The molecule has 7 heteroatoms. The van der Waals surface area contributed by atoms with Crippen LogP contribution in [0.15, 0.2) is 95.5 Å². The summed E-state index contributed by atoms with van der Waals surface area (Å²) in [4.78, 5) is 27.7. The smallest absolute Gasteiger partial charge is 0.280 e. The maximum atomic E-state index is 13.4. The molecule has 0 aliphatic carbocycles. The molecule has 0 saturated carbocycles. The van der Waals surface area contributed by atoms with Crippen molar-refractivity contribution in [1.29, 1.82) is 0 Å². The van der Waals surface area contributed by atoms with E-state index in [2.05, 4.69) is 10.5 Å². The van der Waals surface area contributed by atoms with Crippen molar-refractivity contribution in [2.75, 3.05) is 11.4 Å². The molecule has 0 bridgehead atoms. The molecule has 1 atom stereocenters. The summed E-state index contributed by atoms with van der Waals surface area (Å²) in [6, 6.07) is 27.8. The standard InChI is InChI=1S/C26H21N3O4/c30-25(27-16-18-9-3-1-4-10-18)24-17-29(21-13-7-8-14-22(21)32-24)26(31)20-15-23(33-28-20)19-11-5-2-6-12-19/h1-15,24H,16-17H2,(H,27,30)/t24-/m0/s1. The zero-order chi connectivity index (χ0) is 22.6. The molecule has 4 aromatic rings. The SMILES string of the molecule is O=C(NCc1ccccc1)[C@@H]1CN(C(=O)c2cc(-c3ccccc3)on2)c2ccccc2O1. The van der Waals surface area contributed by atoms with Gasteiger partial charge in [-0.1, -0.05) is 78.0 Å². The lowest BCUT2D eigenvalue weighted by Crippen LogP contribution is -2.50. The average Bonchev–Trinajstić information content (AvgIpc) is 3.38. The number of para-hydroxylation sites is 2. The first-order valence-electron chi connectivity index (χ1n) is 10.6. The van der Waals surface area contributed by atoms with Gasteiger partial charge < -0.3 is 14.6 Å². The van der Waals surface area contributed by atoms with Gasteiger partial charge in [0.05, 0.1) is 12.2 Å². The fourth-order valence-corrected chi connectivity index (χ4v) is 3.71. The number of ether oxygens (including phenoxy) is 1. The van der Waals surface area contributed by atoms with Crippen LogP contribution in [0.3, 0.4) is 0 Å². The van der Waals surface area contributed by atoms with E-state index in [0.717, 1.165) is 11.1 Å². The number of nitrogens with zero attached hydrogens (tertiary/aromatic N) is 2. The number of benzene rings is 3. The first-order valence-corrected chi connectivity index (χ1v) is 10.6. The Morgan fingerprint density at radius 2 is 1.64 bits per heavy atom. The first-order chi connectivity index (χ1) is 16.2. The highest BCUT2D eigenvalue weighted by Crippen LogP contribution is 2.34. The number of hydrogen-bond donors (Lipinski definition) is 1. The maximum absolute atomic E-state index is 13.4. The topological polar surface area (TPSA) is 84.7 Å². The van der Waals surface area contributed by atoms with Crippen molar-refractivity contribution in [1.82, 2.24) is 10.5 Å². The van der Waals surface area contributed by atoms with Crippen LogP contribution in [0.25, 0.3) is 11.3 Å². The molecule has 5 rings (SSSR count). The zero-order valence-corrected chi connectivity index (χ0v) is 17.7. The van der Waals surface area contributed by atoms with Gasteiger partial charge in [0.15, 0.2) is 17.6 Å². The Hall–Kier alpha value is -4.39. The highest BCUT2D eigenvalue weighted by Gasteiger charge is 2.35. The predicted molar refractivity (Wildman–Crippen MR) is 123 cm³/mol. The molecule has 164 valence electrons. The second-order valence-corrected chi connectivity index (χ2v) is 7.64. The van der Waals surface area contributed by atoms with Crippen LogP contribution >= 0.6 is 0 Å². The van der Waals surface area contributed by atoms with Gasteiger partial charge in [-0.2, -0.15) is 0 Å². The lowest BCUT2D eigenvalue weighted by atomic mass is 10.1. The number of carbonyl (C=O) groups excluding carboxylic acids is 2. The summed E-state index contributed by atoms with van der Waals surface area (Å²) in [5.74, 6) is 0.301. The zero-order valence-electron chi connectivity index (χ0n) is 17.7. The van der Waals surface area contributed by atoms with E-state index in [1.165, 1.54) is 4.90 Å². The highest BCUT2D eigenvalue weighted by molar-refractivity contribution is 6.07. The summed E-state index contributed by atoms with van der Waals surface area (Å²) < 4.78 is 11.3. The molecule has 2 heterocycles. The van der Waals surface area contributed by atoms with Gasteiger partial charge in [0.1, 0.15) is 5.75 Å². The molecule has 7 nitrogen and oxygen atoms in total. The number of amides is 2. The quantitative estimate of drug-likeness (QED) is 0.507. The molecule has 0 spiro atoms. The van der Waals surface area contributed by atoms with E-state index in [-0.39, 0.29) is 24.1 Å². The lowest BCUT2D eigenvalue weighted by Gasteiger charge is -2.33. The van der Waals surface area contributed by atoms with E-state index >= 15 is 0 Å². The summed E-state index contributed by atoms with van der Waals surface area (Å²) in [7, 11) is 0. The molecule has 3 aromatic carbocycles. The Kier molecular flexibility index (Phi) is 5.59. The van der Waals surface area contributed by atoms with E-state index in [1.807, 2.05) is 66.7 Å². The third-order valence-corrected chi connectivity index (χ3v) is 5.41. The molecule has 1 aromatic heterocycles. The number of nitrogens with one attached hydrogen (secondary N) is 1. The van der Waals surface area contributed by atoms with Crippen LogP contribution in [0, 0.1) is 0 Å². The fourth-order valence-electron chi connectivity index (χ4n) is 3.71. The van der Waals surface area contributed by atoms with E-state index in [9.17, 15) is 9.59 Å². The minimum atomic E-state index is -0.854. The number of aromatic nitrogens is 1. The van der Waals surface area contributed by atoms with E-state index in [4.69, 9.17) is 9.26 Å². The van der Waals surface area contributed by atoms with E-state index < -0.39 is 6.10 Å². The molecule has 0 unspecified atom stereocenters. The van der Waals surface area contributed by atoms with Crippen LogP contribution < -0.4 is 15.0 Å². The predicted octanol–water partition coefficient (Wildman–Crippen LogP) is 4.07. The minimum absolute atomic E-state index is 0.0595. The van der Waals surface area contributed by atoms with Crippen LogP contribution in [-0.2, 0) is 11.3 Å². The molecule has 1 N–H and O–H groups in total. The molecule has 33 heavy (non-hydrogen) atoms. The molecule has 0 saturated heterocycles. The Balaban J connectivity index is 1.36. The minimum Gasteiger partial charge on any atom is -0.477 e. The number of rotatable bonds is 5. The molecule has 1 aliphatic rings. The van der Waals surface area contributed by atoms with Crippen molar-refractivity contribution in [2.24, 2.45) is 0 Å². The van der Waals surface area contributed by atoms with Gasteiger partial charge in [0.2, 0.25) is 0 Å². The Morgan fingerprint density at radius 1 is 0.939 bits per heavy atom. The van der Waals surface area contributed by atoms with Crippen molar-refractivity contribution in [2.45, 2.75) is 12.6 Å². The van der Waals surface area contributed by atoms with Crippen molar-refractivity contribution >= 4 is 17.5 Å². The third-order valence-electron chi connectivity index (χ3n) is 5.41. The van der Waals surface area contributed by atoms with Gasteiger partial charge in [-0.15, -0.1) is 0 Å². The van der Waals surface area contributed by atoms with Gasteiger partial charge >= 0.3 is 0 Å². The van der Waals surface area contributed by atoms with Gasteiger partial charge in [-0.3, -0.25) is 14.5 Å².